The summed E-state index contributed by atoms with van der Waals surface area (Å²) in [5.41, 5.74) is 4.32. The summed E-state index contributed by atoms with van der Waals surface area (Å²) in [7, 11) is 0. The van der Waals surface area contributed by atoms with E-state index in [0.717, 1.165) is 28.9 Å². The fourth-order valence-corrected chi connectivity index (χ4v) is 2.85. The Morgan fingerprint density at radius 3 is 2.56 bits per heavy atom. The van der Waals surface area contributed by atoms with Gasteiger partial charge < -0.3 is 0 Å². The molecule has 2 aromatic heterocycles. The number of hydrogen-bond acceptors (Lipinski definition) is 3. The molecule has 0 radical (unpaired) electrons. The van der Waals surface area contributed by atoms with Crippen molar-refractivity contribution in [2.75, 3.05) is 0 Å². The Hall–Kier alpha value is -2.56. The first kappa shape index (κ1) is 17.3. The lowest BCUT2D eigenvalue weighted by Gasteiger charge is -2.15. The van der Waals surface area contributed by atoms with E-state index in [-0.39, 0.29) is 11.2 Å². The van der Waals surface area contributed by atoms with E-state index in [0.29, 0.717) is 11.5 Å². The molecule has 3 rings (SSSR count). The van der Waals surface area contributed by atoms with Gasteiger partial charge in [0.2, 0.25) is 0 Å². The van der Waals surface area contributed by atoms with Gasteiger partial charge in [-0.05, 0) is 36.6 Å². The van der Waals surface area contributed by atoms with E-state index in [4.69, 9.17) is 0 Å². The zero-order valence-electron chi connectivity index (χ0n) is 15.3. The highest BCUT2D eigenvalue weighted by molar-refractivity contribution is 5.56. The smallest absolute Gasteiger partial charge is 0.183 e. The molecule has 4 nitrogen and oxygen atoms in total. The fourth-order valence-electron chi connectivity index (χ4n) is 2.85. The van der Waals surface area contributed by atoms with Gasteiger partial charge >= 0.3 is 0 Å². The Kier molecular flexibility index (Phi) is 4.41. The molecule has 0 amide bonds. The summed E-state index contributed by atoms with van der Waals surface area (Å²) < 4.78 is 15.4. The van der Waals surface area contributed by atoms with Gasteiger partial charge in [-0.15, -0.1) is 10.2 Å². The lowest BCUT2D eigenvalue weighted by atomic mass is 9.92. The van der Waals surface area contributed by atoms with Gasteiger partial charge in [0.15, 0.2) is 5.82 Å². The fraction of sp³-hybridized carbons (Fsp3) is 0.350. The summed E-state index contributed by atoms with van der Waals surface area (Å²) in [5, 5.41) is 9.02. The van der Waals surface area contributed by atoms with Crippen LogP contribution >= 0.6 is 0 Å². The molecule has 0 bridgehead atoms. The predicted octanol–water partition coefficient (Wildman–Crippen LogP) is 6.06. The minimum atomic E-state index is -0.327. The molecule has 2 heterocycles. The van der Waals surface area contributed by atoms with Gasteiger partial charge in [-0.2, -0.15) is 0 Å². The SMILES string of the molecule is CCc1cccc(C)c1N=Nc1c(C(C)(C)C)nc2ccc(F)cn12. The van der Waals surface area contributed by atoms with Crippen LogP contribution in [0.3, 0.4) is 0 Å². The number of aromatic nitrogens is 2. The Bertz CT molecular complexity index is 948. The number of aryl methyl sites for hydroxylation is 2. The maximum Gasteiger partial charge on any atom is 0.183 e. The molecule has 25 heavy (non-hydrogen) atoms. The minimum absolute atomic E-state index is 0.226. The minimum Gasteiger partial charge on any atom is -0.280 e. The Morgan fingerprint density at radius 2 is 1.88 bits per heavy atom. The third-order valence-electron chi connectivity index (χ3n) is 4.21. The van der Waals surface area contributed by atoms with Crippen molar-refractivity contribution in [3.63, 3.8) is 0 Å². The highest BCUT2D eigenvalue weighted by atomic mass is 19.1. The standard InChI is InChI=1S/C20H23FN4/c1-6-14-9-7-8-13(2)17(14)23-24-19-18(20(3,4)5)22-16-11-10-15(21)12-25(16)19/h7-12H,6H2,1-5H3. The number of rotatable bonds is 3. The monoisotopic (exact) mass is 338 g/mol. The van der Waals surface area contributed by atoms with Gasteiger partial charge in [-0.25, -0.2) is 9.37 Å². The highest BCUT2D eigenvalue weighted by Crippen LogP contribution is 2.34. The molecular formula is C20H23FN4. The summed E-state index contributed by atoms with van der Waals surface area (Å²) in [5.74, 6) is 0.249. The van der Waals surface area contributed by atoms with Crippen LogP contribution in [-0.4, -0.2) is 9.38 Å². The maximum absolute atomic E-state index is 13.7. The van der Waals surface area contributed by atoms with Crippen molar-refractivity contribution < 1.29 is 4.39 Å². The Morgan fingerprint density at radius 1 is 1.12 bits per heavy atom. The number of halogens is 1. The number of nitrogens with zero attached hydrogens (tertiary/aromatic N) is 4. The van der Waals surface area contributed by atoms with E-state index in [1.165, 1.54) is 12.3 Å². The van der Waals surface area contributed by atoms with E-state index >= 15 is 0 Å². The Labute approximate surface area is 147 Å². The largest absolute Gasteiger partial charge is 0.280 e. The van der Waals surface area contributed by atoms with Gasteiger partial charge in [-0.3, -0.25) is 4.40 Å². The average molecular weight is 338 g/mol. The van der Waals surface area contributed by atoms with Crippen molar-refractivity contribution in [3.8, 4) is 0 Å². The third kappa shape index (κ3) is 3.31. The van der Waals surface area contributed by atoms with Crippen molar-refractivity contribution in [2.45, 2.75) is 46.5 Å². The number of azo groups is 1. The van der Waals surface area contributed by atoms with Gasteiger partial charge in [0.25, 0.3) is 0 Å². The van der Waals surface area contributed by atoms with Gasteiger partial charge in [0, 0.05) is 11.6 Å². The molecule has 0 N–H and O–H groups in total. The van der Waals surface area contributed by atoms with Gasteiger partial charge in [0.1, 0.15) is 11.5 Å². The normalized spacial score (nSPS) is 12.4. The molecule has 0 unspecified atom stereocenters. The maximum atomic E-state index is 13.7. The number of fused-ring (bicyclic) bond motifs is 1. The second-order valence-corrected chi connectivity index (χ2v) is 7.25. The summed E-state index contributed by atoms with van der Waals surface area (Å²) in [6.45, 7) is 10.3. The van der Waals surface area contributed by atoms with E-state index in [9.17, 15) is 4.39 Å². The molecule has 0 saturated carbocycles. The van der Waals surface area contributed by atoms with Crippen molar-refractivity contribution in [3.05, 3.63) is 59.2 Å². The van der Waals surface area contributed by atoms with Gasteiger partial charge in [0.05, 0.1) is 11.4 Å². The third-order valence-corrected chi connectivity index (χ3v) is 4.21. The molecule has 5 heteroatoms. The quantitative estimate of drug-likeness (QED) is 0.535. The lowest BCUT2D eigenvalue weighted by molar-refractivity contribution is 0.573. The van der Waals surface area contributed by atoms with Gasteiger partial charge in [-0.1, -0.05) is 45.9 Å². The molecule has 0 spiro atoms. The van der Waals surface area contributed by atoms with Crippen LogP contribution in [0.2, 0.25) is 0 Å². The first-order valence-electron chi connectivity index (χ1n) is 8.49. The zero-order valence-corrected chi connectivity index (χ0v) is 15.3. The Balaban J connectivity index is 2.20. The molecular weight excluding hydrogens is 315 g/mol. The summed E-state index contributed by atoms with van der Waals surface area (Å²) in [6, 6.07) is 9.17. The van der Waals surface area contributed by atoms with Crippen molar-refractivity contribution in [1.29, 1.82) is 0 Å². The van der Waals surface area contributed by atoms with E-state index in [1.54, 1.807) is 10.5 Å². The van der Waals surface area contributed by atoms with Crippen LogP contribution in [-0.2, 0) is 11.8 Å². The van der Waals surface area contributed by atoms with Crippen LogP contribution in [0.5, 0.6) is 0 Å². The molecule has 0 aliphatic heterocycles. The van der Waals surface area contributed by atoms with Crippen LogP contribution in [0.4, 0.5) is 15.9 Å². The van der Waals surface area contributed by atoms with E-state index in [1.807, 2.05) is 19.1 Å². The molecule has 0 aliphatic rings. The number of imidazole rings is 1. The molecule has 0 fully saturated rings. The molecule has 3 aromatic rings. The topological polar surface area (TPSA) is 42.0 Å². The second-order valence-electron chi connectivity index (χ2n) is 7.25. The number of benzene rings is 1. The number of hydrogen-bond donors (Lipinski definition) is 0. The highest BCUT2D eigenvalue weighted by Gasteiger charge is 2.24. The molecule has 0 saturated heterocycles. The predicted molar refractivity (Wildman–Crippen MR) is 98.6 cm³/mol. The summed E-state index contributed by atoms with van der Waals surface area (Å²) in [6.07, 6.45) is 2.29. The molecule has 130 valence electrons. The molecule has 1 aromatic carbocycles. The van der Waals surface area contributed by atoms with Crippen LogP contribution in [0.15, 0.2) is 46.8 Å². The molecule has 0 atom stereocenters. The van der Waals surface area contributed by atoms with Crippen molar-refractivity contribution >= 4 is 17.2 Å². The van der Waals surface area contributed by atoms with Crippen LogP contribution < -0.4 is 0 Å². The number of pyridine rings is 1. The van der Waals surface area contributed by atoms with Crippen LogP contribution in [0.25, 0.3) is 5.65 Å². The first-order chi connectivity index (χ1) is 11.8. The van der Waals surface area contributed by atoms with Crippen molar-refractivity contribution in [1.82, 2.24) is 9.38 Å². The summed E-state index contributed by atoms with van der Waals surface area (Å²) in [4.78, 5) is 4.64. The van der Waals surface area contributed by atoms with E-state index in [2.05, 4.69) is 49.0 Å². The zero-order chi connectivity index (χ0) is 18.2. The van der Waals surface area contributed by atoms with Crippen molar-refractivity contribution in [2.24, 2.45) is 10.2 Å². The second kappa shape index (κ2) is 6.39. The lowest BCUT2D eigenvalue weighted by Crippen LogP contribution is -2.11. The first-order valence-corrected chi connectivity index (χ1v) is 8.49. The van der Waals surface area contributed by atoms with E-state index < -0.39 is 0 Å². The summed E-state index contributed by atoms with van der Waals surface area (Å²) >= 11 is 0. The van der Waals surface area contributed by atoms with Crippen LogP contribution in [0.1, 0.15) is 44.5 Å². The average Bonchev–Trinajstić information content (AvgIpc) is 2.91. The molecule has 0 aliphatic carbocycles. The van der Waals surface area contributed by atoms with Crippen LogP contribution in [0, 0.1) is 12.7 Å².